The fraction of sp³-hybridized carbons (Fsp3) is 0.250. The van der Waals surface area contributed by atoms with Gasteiger partial charge in [-0.25, -0.2) is 18.4 Å². The Kier molecular flexibility index (Phi) is 1.81. The molecular formula is C8H9N3O2S. The molecule has 0 unspecified atom stereocenters. The summed E-state index contributed by atoms with van der Waals surface area (Å²) in [5.74, 6) is 0. The maximum absolute atomic E-state index is 11.3. The van der Waals surface area contributed by atoms with Crippen LogP contribution >= 0.6 is 0 Å². The molecule has 0 aromatic carbocycles. The van der Waals surface area contributed by atoms with Gasteiger partial charge in [-0.3, -0.25) is 0 Å². The molecule has 0 aliphatic rings. The van der Waals surface area contributed by atoms with Crippen LogP contribution in [0.3, 0.4) is 0 Å². The lowest BCUT2D eigenvalue weighted by Gasteiger charge is -2.01. The SMILES string of the molecule is Cc1nc(S(C)(=O)=O)cn2ccnc12. The van der Waals surface area contributed by atoms with Gasteiger partial charge in [-0.1, -0.05) is 0 Å². The molecule has 0 fully saturated rings. The topological polar surface area (TPSA) is 64.3 Å². The molecule has 0 saturated heterocycles. The zero-order valence-electron chi connectivity index (χ0n) is 7.80. The van der Waals surface area contributed by atoms with Crippen molar-refractivity contribution in [3.8, 4) is 0 Å². The standard InChI is InChI=1S/C8H9N3O2S/c1-6-8-9-3-4-11(8)5-7(10-6)14(2,12)13/h3-5H,1-2H3. The van der Waals surface area contributed by atoms with E-state index in [0.717, 1.165) is 6.26 Å². The Balaban J connectivity index is 2.83. The Morgan fingerprint density at radius 3 is 2.79 bits per heavy atom. The van der Waals surface area contributed by atoms with Crippen LogP contribution in [0.2, 0.25) is 0 Å². The first-order chi connectivity index (χ1) is 6.48. The van der Waals surface area contributed by atoms with Gasteiger partial charge in [0.25, 0.3) is 0 Å². The molecule has 2 heterocycles. The normalized spacial score (nSPS) is 12.1. The van der Waals surface area contributed by atoms with E-state index < -0.39 is 9.84 Å². The van der Waals surface area contributed by atoms with E-state index in [1.165, 1.54) is 6.20 Å². The maximum Gasteiger partial charge on any atom is 0.194 e. The van der Waals surface area contributed by atoms with Crippen molar-refractivity contribution in [1.29, 1.82) is 0 Å². The first-order valence-electron chi connectivity index (χ1n) is 3.99. The summed E-state index contributed by atoms with van der Waals surface area (Å²) < 4.78 is 24.2. The first-order valence-corrected chi connectivity index (χ1v) is 5.88. The van der Waals surface area contributed by atoms with Crippen LogP contribution in [0.4, 0.5) is 0 Å². The number of hydrogen-bond acceptors (Lipinski definition) is 4. The Labute approximate surface area is 81.3 Å². The molecule has 2 aromatic heterocycles. The lowest BCUT2D eigenvalue weighted by atomic mass is 10.5. The van der Waals surface area contributed by atoms with Crippen LogP contribution in [0, 0.1) is 6.92 Å². The van der Waals surface area contributed by atoms with Gasteiger partial charge in [-0.15, -0.1) is 0 Å². The predicted octanol–water partition coefficient (Wildman–Crippen LogP) is 0.441. The molecule has 0 atom stereocenters. The fourth-order valence-corrected chi connectivity index (χ4v) is 1.85. The van der Waals surface area contributed by atoms with Crippen molar-refractivity contribution < 1.29 is 8.42 Å². The fourth-order valence-electron chi connectivity index (χ4n) is 1.24. The highest BCUT2D eigenvalue weighted by Gasteiger charge is 2.11. The minimum Gasteiger partial charge on any atom is -0.303 e. The molecule has 0 aliphatic carbocycles. The number of fused-ring (bicyclic) bond motifs is 1. The molecule has 0 spiro atoms. The minimum absolute atomic E-state index is 0.0699. The number of nitrogens with zero attached hydrogens (tertiary/aromatic N) is 3. The summed E-state index contributed by atoms with van der Waals surface area (Å²) in [6.07, 6.45) is 5.90. The molecule has 0 bridgehead atoms. The summed E-state index contributed by atoms with van der Waals surface area (Å²) in [7, 11) is -3.25. The minimum atomic E-state index is -3.25. The van der Waals surface area contributed by atoms with E-state index in [1.807, 2.05) is 0 Å². The Hall–Kier alpha value is -1.43. The van der Waals surface area contributed by atoms with Gasteiger partial charge in [0.15, 0.2) is 20.5 Å². The van der Waals surface area contributed by atoms with Crippen LogP contribution < -0.4 is 0 Å². The van der Waals surface area contributed by atoms with Crippen molar-refractivity contribution in [3.63, 3.8) is 0 Å². The van der Waals surface area contributed by atoms with Crippen LogP contribution in [0.25, 0.3) is 5.65 Å². The average molecular weight is 211 g/mol. The summed E-state index contributed by atoms with van der Waals surface area (Å²) in [6.45, 7) is 1.73. The van der Waals surface area contributed by atoms with E-state index in [2.05, 4.69) is 9.97 Å². The van der Waals surface area contributed by atoms with Crippen molar-refractivity contribution in [2.24, 2.45) is 0 Å². The molecule has 74 valence electrons. The predicted molar refractivity (Wildman–Crippen MR) is 50.8 cm³/mol. The second-order valence-corrected chi connectivity index (χ2v) is 5.06. The summed E-state index contributed by atoms with van der Waals surface area (Å²) in [4.78, 5) is 8.02. The Morgan fingerprint density at radius 2 is 2.14 bits per heavy atom. The van der Waals surface area contributed by atoms with Gasteiger partial charge in [0, 0.05) is 24.8 Å². The molecule has 6 heteroatoms. The smallest absolute Gasteiger partial charge is 0.194 e. The van der Waals surface area contributed by atoms with Crippen molar-refractivity contribution in [1.82, 2.24) is 14.4 Å². The van der Waals surface area contributed by atoms with Crippen molar-refractivity contribution in [3.05, 3.63) is 24.3 Å². The van der Waals surface area contributed by atoms with Crippen LogP contribution in [-0.4, -0.2) is 29.0 Å². The van der Waals surface area contributed by atoms with Gasteiger partial charge in [0.05, 0.1) is 5.69 Å². The molecule has 0 amide bonds. The quantitative estimate of drug-likeness (QED) is 0.686. The van der Waals surface area contributed by atoms with E-state index in [4.69, 9.17) is 0 Å². The second-order valence-electron chi connectivity index (χ2n) is 3.09. The molecule has 5 nitrogen and oxygen atoms in total. The zero-order chi connectivity index (χ0) is 10.3. The van der Waals surface area contributed by atoms with Gasteiger partial charge < -0.3 is 4.40 Å². The maximum atomic E-state index is 11.3. The summed E-state index contributed by atoms with van der Waals surface area (Å²) >= 11 is 0. The van der Waals surface area contributed by atoms with E-state index in [-0.39, 0.29) is 5.03 Å². The van der Waals surface area contributed by atoms with Gasteiger partial charge in [0.2, 0.25) is 0 Å². The number of aromatic nitrogens is 3. The Morgan fingerprint density at radius 1 is 1.43 bits per heavy atom. The highest BCUT2D eigenvalue weighted by atomic mass is 32.2. The lowest BCUT2D eigenvalue weighted by molar-refractivity contribution is 0.597. The van der Waals surface area contributed by atoms with E-state index in [0.29, 0.717) is 11.3 Å². The largest absolute Gasteiger partial charge is 0.303 e. The number of hydrogen-bond donors (Lipinski definition) is 0. The molecule has 0 saturated carbocycles. The van der Waals surface area contributed by atoms with Crippen molar-refractivity contribution in [2.75, 3.05) is 6.26 Å². The Bertz CT molecular complexity index is 586. The third-order valence-electron chi connectivity index (χ3n) is 1.90. The highest BCUT2D eigenvalue weighted by Crippen LogP contribution is 2.10. The summed E-state index contributed by atoms with van der Waals surface area (Å²) in [6, 6.07) is 0. The first kappa shape index (κ1) is 9.14. The van der Waals surface area contributed by atoms with Gasteiger partial charge in [-0.2, -0.15) is 0 Å². The molecule has 2 rings (SSSR count). The van der Waals surface area contributed by atoms with E-state index >= 15 is 0 Å². The molecule has 0 radical (unpaired) electrons. The molecule has 2 aromatic rings. The van der Waals surface area contributed by atoms with Crippen LogP contribution in [0.5, 0.6) is 0 Å². The molecule has 14 heavy (non-hydrogen) atoms. The second kappa shape index (κ2) is 2.78. The van der Waals surface area contributed by atoms with Gasteiger partial charge in [0.1, 0.15) is 0 Å². The van der Waals surface area contributed by atoms with Crippen LogP contribution in [0.15, 0.2) is 23.6 Å². The third kappa shape index (κ3) is 1.37. The number of imidazole rings is 1. The monoisotopic (exact) mass is 211 g/mol. The lowest BCUT2D eigenvalue weighted by Crippen LogP contribution is -2.04. The van der Waals surface area contributed by atoms with Crippen LogP contribution in [-0.2, 0) is 9.84 Å². The molecule has 0 aliphatic heterocycles. The summed E-state index contributed by atoms with van der Waals surface area (Å²) in [5, 5.41) is 0.0699. The number of rotatable bonds is 1. The van der Waals surface area contributed by atoms with Gasteiger partial charge >= 0.3 is 0 Å². The number of sulfone groups is 1. The van der Waals surface area contributed by atoms with E-state index in [9.17, 15) is 8.42 Å². The average Bonchev–Trinajstić information content (AvgIpc) is 2.50. The third-order valence-corrected chi connectivity index (χ3v) is 2.86. The van der Waals surface area contributed by atoms with Crippen molar-refractivity contribution >= 4 is 15.5 Å². The van der Waals surface area contributed by atoms with Crippen molar-refractivity contribution in [2.45, 2.75) is 11.9 Å². The highest BCUT2D eigenvalue weighted by molar-refractivity contribution is 7.90. The number of aryl methyl sites for hydroxylation is 1. The zero-order valence-corrected chi connectivity index (χ0v) is 8.61. The summed E-state index contributed by atoms with van der Waals surface area (Å²) in [5.41, 5.74) is 1.29. The van der Waals surface area contributed by atoms with E-state index in [1.54, 1.807) is 23.7 Å². The molecular weight excluding hydrogens is 202 g/mol. The van der Waals surface area contributed by atoms with Crippen LogP contribution in [0.1, 0.15) is 5.69 Å². The van der Waals surface area contributed by atoms with Gasteiger partial charge in [-0.05, 0) is 6.92 Å². The molecule has 0 N–H and O–H groups in total.